The average molecular weight is 578 g/mol. The van der Waals surface area contributed by atoms with Crippen molar-refractivity contribution in [2.45, 2.75) is 31.3 Å². The van der Waals surface area contributed by atoms with Crippen LogP contribution in [0, 0.1) is 0 Å². The predicted molar refractivity (Wildman–Crippen MR) is 139 cm³/mol. The first kappa shape index (κ1) is 26.0. The molecule has 31 heavy (non-hydrogen) atoms. The van der Waals surface area contributed by atoms with Crippen molar-refractivity contribution in [3.05, 3.63) is 52.2 Å². The number of hydrogen-bond donors (Lipinski definition) is 2. The molecule has 7 nitrogen and oxygen atoms in total. The predicted octanol–water partition coefficient (Wildman–Crippen LogP) is 3.12. The number of nitrogens with one attached hydrogen (secondary N) is 2. The van der Waals surface area contributed by atoms with Gasteiger partial charge in [-0.1, -0.05) is 24.3 Å². The molecule has 1 aromatic carbocycles. The molecule has 1 fully saturated rings. The van der Waals surface area contributed by atoms with E-state index in [4.69, 9.17) is 0 Å². The number of likely N-dealkylation sites (N-methyl/N-ethyl adjacent to an activating group) is 1. The van der Waals surface area contributed by atoms with E-state index in [1.807, 2.05) is 32.2 Å². The van der Waals surface area contributed by atoms with Crippen LogP contribution >= 0.6 is 35.3 Å². The minimum absolute atomic E-state index is 0. The highest BCUT2D eigenvalue weighted by Gasteiger charge is 2.29. The Morgan fingerprint density at radius 3 is 2.52 bits per heavy atom. The maximum absolute atomic E-state index is 13.2. The zero-order chi connectivity index (χ0) is 21.6. The van der Waals surface area contributed by atoms with Crippen LogP contribution in [-0.2, 0) is 16.6 Å². The van der Waals surface area contributed by atoms with E-state index in [-0.39, 0.29) is 36.6 Å². The minimum Gasteiger partial charge on any atom is -0.357 e. The third kappa shape index (κ3) is 6.88. The maximum Gasteiger partial charge on any atom is 0.243 e. The van der Waals surface area contributed by atoms with Crippen LogP contribution in [0.3, 0.4) is 0 Å². The van der Waals surface area contributed by atoms with Gasteiger partial charge in [0.15, 0.2) is 5.96 Å². The molecule has 1 atom stereocenters. The Labute approximate surface area is 207 Å². The smallest absolute Gasteiger partial charge is 0.243 e. The fraction of sp³-hybridized carbons (Fsp3) is 0.476. The van der Waals surface area contributed by atoms with Crippen molar-refractivity contribution < 1.29 is 8.42 Å². The van der Waals surface area contributed by atoms with Crippen molar-refractivity contribution in [2.75, 3.05) is 39.8 Å². The average Bonchev–Trinajstić information content (AvgIpc) is 3.28. The molecular weight excluding hydrogens is 545 g/mol. The quantitative estimate of drug-likeness (QED) is 0.301. The highest BCUT2D eigenvalue weighted by atomic mass is 127. The summed E-state index contributed by atoms with van der Waals surface area (Å²) in [7, 11) is -1.52. The lowest BCUT2D eigenvalue weighted by molar-refractivity contribution is 0.222. The molecule has 1 aliphatic rings. The zero-order valence-electron chi connectivity index (χ0n) is 18.2. The highest BCUT2D eigenvalue weighted by molar-refractivity contribution is 14.0. The number of piperazine rings is 1. The first-order chi connectivity index (χ1) is 14.4. The van der Waals surface area contributed by atoms with Gasteiger partial charge in [-0.05, 0) is 44.0 Å². The van der Waals surface area contributed by atoms with E-state index in [0.29, 0.717) is 29.5 Å². The Morgan fingerprint density at radius 2 is 1.87 bits per heavy atom. The maximum atomic E-state index is 13.2. The summed E-state index contributed by atoms with van der Waals surface area (Å²) in [5.41, 5.74) is 0.706. The van der Waals surface area contributed by atoms with Crippen molar-refractivity contribution in [1.82, 2.24) is 19.8 Å². The molecule has 0 spiro atoms. The second-order valence-electron chi connectivity index (χ2n) is 7.39. The van der Waals surface area contributed by atoms with E-state index in [1.165, 1.54) is 4.88 Å². The fourth-order valence-corrected chi connectivity index (χ4v) is 5.72. The van der Waals surface area contributed by atoms with Crippen LogP contribution in [0.25, 0.3) is 0 Å². The summed E-state index contributed by atoms with van der Waals surface area (Å²) >= 11 is 1.69. The van der Waals surface area contributed by atoms with Gasteiger partial charge >= 0.3 is 0 Å². The lowest BCUT2D eigenvalue weighted by atomic mass is 10.2. The van der Waals surface area contributed by atoms with Crippen molar-refractivity contribution >= 4 is 51.3 Å². The van der Waals surface area contributed by atoms with Crippen LogP contribution in [0.2, 0.25) is 0 Å². The van der Waals surface area contributed by atoms with Crippen molar-refractivity contribution in [2.24, 2.45) is 4.99 Å². The summed E-state index contributed by atoms with van der Waals surface area (Å²) in [6.07, 6.45) is 0. The molecule has 0 amide bonds. The van der Waals surface area contributed by atoms with E-state index in [2.05, 4.69) is 38.9 Å². The minimum atomic E-state index is -3.54. The Morgan fingerprint density at radius 1 is 1.16 bits per heavy atom. The lowest BCUT2D eigenvalue weighted by Gasteiger charge is -2.32. The van der Waals surface area contributed by atoms with E-state index in [0.717, 1.165) is 19.6 Å². The number of thiophene rings is 1. The molecule has 1 saturated heterocycles. The Balaban J connectivity index is 0.00000341. The van der Waals surface area contributed by atoms with Gasteiger partial charge in [-0.15, -0.1) is 35.3 Å². The SMILES string of the molecule is CCNC(=NCc1ccccc1S(=O)(=O)N1CCN(C)CC1)NC(C)c1cccs1.I. The third-order valence-corrected chi connectivity index (χ3v) is 8.18. The van der Waals surface area contributed by atoms with Gasteiger partial charge in [0.1, 0.15) is 0 Å². The van der Waals surface area contributed by atoms with Crippen LogP contribution in [-0.4, -0.2) is 63.4 Å². The molecule has 0 radical (unpaired) electrons. The van der Waals surface area contributed by atoms with E-state index in [9.17, 15) is 8.42 Å². The monoisotopic (exact) mass is 577 g/mol. The summed E-state index contributed by atoms with van der Waals surface area (Å²) in [5.74, 6) is 0.671. The van der Waals surface area contributed by atoms with Crippen LogP contribution in [0.15, 0.2) is 51.7 Å². The Kier molecular flexibility index (Phi) is 10.2. The molecule has 2 N–H and O–H groups in total. The number of hydrogen-bond acceptors (Lipinski definition) is 5. The number of nitrogens with zero attached hydrogens (tertiary/aromatic N) is 3. The molecule has 0 aliphatic carbocycles. The highest BCUT2D eigenvalue weighted by Crippen LogP contribution is 2.22. The first-order valence-electron chi connectivity index (χ1n) is 10.3. The summed E-state index contributed by atoms with van der Waals surface area (Å²) in [6, 6.07) is 11.4. The number of aliphatic imine (C=N–C) groups is 1. The molecule has 0 saturated carbocycles. The van der Waals surface area contributed by atoms with Gasteiger partial charge in [-0.2, -0.15) is 4.31 Å². The van der Waals surface area contributed by atoms with Crippen LogP contribution < -0.4 is 10.6 Å². The zero-order valence-corrected chi connectivity index (χ0v) is 22.2. The van der Waals surface area contributed by atoms with Gasteiger partial charge in [-0.25, -0.2) is 13.4 Å². The van der Waals surface area contributed by atoms with Gasteiger partial charge in [0.2, 0.25) is 10.0 Å². The van der Waals surface area contributed by atoms with Gasteiger partial charge in [0.05, 0.1) is 17.5 Å². The molecular formula is C21H32IN5O2S2. The van der Waals surface area contributed by atoms with E-state index >= 15 is 0 Å². The molecule has 1 aliphatic heterocycles. The van der Waals surface area contributed by atoms with Gasteiger partial charge in [0.25, 0.3) is 0 Å². The molecule has 172 valence electrons. The normalized spacial score (nSPS) is 17.1. The van der Waals surface area contributed by atoms with E-state index < -0.39 is 10.0 Å². The number of rotatable bonds is 7. The third-order valence-electron chi connectivity index (χ3n) is 5.13. The van der Waals surface area contributed by atoms with Crippen molar-refractivity contribution in [1.29, 1.82) is 0 Å². The van der Waals surface area contributed by atoms with Crippen molar-refractivity contribution in [3.63, 3.8) is 0 Å². The van der Waals surface area contributed by atoms with Gasteiger partial charge < -0.3 is 15.5 Å². The number of sulfonamides is 1. The molecule has 2 heterocycles. The number of guanidine groups is 1. The molecule has 2 aromatic rings. The summed E-state index contributed by atoms with van der Waals surface area (Å²) in [5, 5.41) is 8.70. The molecule has 0 bridgehead atoms. The van der Waals surface area contributed by atoms with Crippen molar-refractivity contribution in [3.8, 4) is 0 Å². The largest absolute Gasteiger partial charge is 0.357 e. The topological polar surface area (TPSA) is 77.0 Å². The molecule has 1 aromatic heterocycles. The Bertz CT molecular complexity index is 942. The first-order valence-corrected chi connectivity index (χ1v) is 12.6. The van der Waals surface area contributed by atoms with Crippen LogP contribution in [0.5, 0.6) is 0 Å². The van der Waals surface area contributed by atoms with Gasteiger partial charge in [-0.3, -0.25) is 0 Å². The fourth-order valence-electron chi connectivity index (χ4n) is 3.35. The van der Waals surface area contributed by atoms with Gasteiger partial charge in [0, 0.05) is 37.6 Å². The summed E-state index contributed by atoms with van der Waals surface area (Å²) < 4.78 is 28.1. The van der Waals surface area contributed by atoms with E-state index in [1.54, 1.807) is 27.8 Å². The number of benzene rings is 1. The molecule has 3 rings (SSSR count). The van der Waals surface area contributed by atoms with Crippen LogP contribution in [0.4, 0.5) is 0 Å². The lowest BCUT2D eigenvalue weighted by Crippen LogP contribution is -2.47. The standard InChI is InChI=1S/C21H31N5O2S2.HI/c1-4-22-21(24-17(2)19-9-7-15-29-19)23-16-18-8-5-6-10-20(18)30(27,28)26-13-11-25(3)12-14-26;/h5-10,15,17H,4,11-14,16H2,1-3H3,(H2,22,23,24);1H. The second kappa shape index (κ2) is 12.1. The van der Waals surface area contributed by atoms with Crippen LogP contribution in [0.1, 0.15) is 30.3 Å². The number of halogens is 1. The summed E-state index contributed by atoms with van der Waals surface area (Å²) in [4.78, 5) is 8.39. The second-order valence-corrected chi connectivity index (χ2v) is 10.3. The molecule has 10 heteroatoms. The molecule has 1 unspecified atom stereocenters. The summed E-state index contributed by atoms with van der Waals surface area (Å²) in [6.45, 7) is 7.63. The Hall–Kier alpha value is -1.21.